The fourth-order valence-electron chi connectivity index (χ4n) is 8.74. The lowest BCUT2D eigenvalue weighted by atomic mass is 9.74. The predicted molar refractivity (Wildman–Crippen MR) is 201 cm³/mol. The smallest absolute Gasteiger partial charge is 0.149 e. The van der Waals surface area contributed by atoms with Gasteiger partial charge in [0.25, 0.3) is 0 Å². The molecule has 9 aromatic carbocycles. The number of hydrogen-bond acceptors (Lipinski definition) is 2. The van der Waals surface area contributed by atoms with Crippen LogP contribution in [0.15, 0.2) is 161 Å². The summed E-state index contributed by atoms with van der Waals surface area (Å²) in [7, 11) is 0. The van der Waals surface area contributed by atoms with Crippen molar-refractivity contribution in [2.45, 2.75) is 22.1 Å². The van der Waals surface area contributed by atoms with Crippen molar-refractivity contribution in [1.29, 1.82) is 0 Å². The molecule has 1 atom stereocenters. The second-order valence-corrected chi connectivity index (χ2v) is 14.4. The summed E-state index contributed by atoms with van der Waals surface area (Å²) in [6, 6.07) is 56.0. The summed E-state index contributed by atoms with van der Waals surface area (Å²) in [6.07, 6.45) is 0. The summed E-state index contributed by atoms with van der Waals surface area (Å²) in [5.41, 5.74) is 8.51. The molecule has 0 bridgehead atoms. The Morgan fingerprint density at radius 2 is 1.19 bits per heavy atom. The molecule has 0 aromatic heterocycles. The van der Waals surface area contributed by atoms with Gasteiger partial charge >= 0.3 is 0 Å². The standard InChI is InChI=1S/C46H28OS/c1-46(29-12-3-2-4-13-29)37-24-25-41-45(47-39-18-5-6-19-40(39)48-41)44(37)36-21-20-28(26-38(36)46)30-22-23-35-33-15-8-11-27-10-7-14-32(42(27)33)34-17-9-16-31(30)43(34)35/h2-26H,1H3. The first-order valence-electron chi connectivity index (χ1n) is 16.6. The highest BCUT2D eigenvalue weighted by Crippen LogP contribution is 2.60. The van der Waals surface area contributed by atoms with Crippen LogP contribution in [0.4, 0.5) is 0 Å². The molecule has 0 radical (unpaired) electrons. The van der Waals surface area contributed by atoms with Crippen LogP contribution in [0.2, 0.25) is 0 Å². The molecule has 9 aromatic rings. The summed E-state index contributed by atoms with van der Waals surface area (Å²) >= 11 is 1.80. The van der Waals surface area contributed by atoms with Crippen molar-refractivity contribution in [1.82, 2.24) is 0 Å². The second kappa shape index (κ2) is 9.50. The van der Waals surface area contributed by atoms with Crippen LogP contribution in [0.1, 0.15) is 23.6 Å². The molecule has 1 heterocycles. The van der Waals surface area contributed by atoms with E-state index >= 15 is 0 Å². The second-order valence-electron chi connectivity index (χ2n) is 13.3. The Morgan fingerprint density at radius 3 is 2.02 bits per heavy atom. The molecule has 1 nitrogen and oxygen atoms in total. The third kappa shape index (κ3) is 3.38. The average Bonchev–Trinajstić information content (AvgIpc) is 3.41. The lowest BCUT2D eigenvalue weighted by Gasteiger charge is -2.29. The molecule has 0 spiro atoms. The van der Waals surface area contributed by atoms with Gasteiger partial charge in [-0.25, -0.2) is 0 Å². The van der Waals surface area contributed by atoms with Gasteiger partial charge in [0.05, 0.1) is 9.79 Å². The van der Waals surface area contributed by atoms with Crippen LogP contribution in [0.25, 0.3) is 65.3 Å². The Kier molecular flexibility index (Phi) is 5.24. The van der Waals surface area contributed by atoms with Crippen LogP contribution in [-0.4, -0.2) is 0 Å². The van der Waals surface area contributed by atoms with Gasteiger partial charge in [-0.05, 0) is 108 Å². The van der Waals surface area contributed by atoms with Gasteiger partial charge in [0.2, 0.25) is 0 Å². The Balaban J connectivity index is 1.18. The molecule has 2 heteroatoms. The van der Waals surface area contributed by atoms with Gasteiger partial charge in [-0.15, -0.1) is 0 Å². The summed E-state index contributed by atoms with van der Waals surface area (Å²) in [6.45, 7) is 2.39. The van der Waals surface area contributed by atoms with Crippen molar-refractivity contribution in [3.63, 3.8) is 0 Å². The Labute approximate surface area is 282 Å². The normalized spacial score (nSPS) is 16.2. The summed E-state index contributed by atoms with van der Waals surface area (Å²) in [5, 5.41) is 10.6. The highest BCUT2D eigenvalue weighted by molar-refractivity contribution is 7.99. The fourth-order valence-corrected chi connectivity index (χ4v) is 9.71. The third-order valence-corrected chi connectivity index (χ3v) is 12.1. The molecule has 0 N–H and O–H groups in total. The van der Waals surface area contributed by atoms with Gasteiger partial charge in [-0.2, -0.15) is 0 Å². The SMILES string of the molecule is CC1(c2ccccc2)c2cc(-c3ccc4c5cccc6cccc(c7cccc3c74)c65)ccc2-c2c1ccc1c2Oc2ccccc2S1. The molecule has 1 aliphatic carbocycles. The molecular weight excluding hydrogens is 601 g/mol. The number of hydrogen-bond donors (Lipinski definition) is 0. The maximum Gasteiger partial charge on any atom is 0.149 e. The van der Waals surface area contributed by atoms with Crippen LogP contribution in [0.3, 0.4) is 0 Å². The Hall–Kier alpha value is -5.57. The highest BCUT2D eigenvalue weighted by Gasteiger charge is 2.44. The van der Waals surface area contributed by atoms with Crippen LogP contribution in [0.5, 0.6) is 11.5 Å². The zero-order valence-electron chi connectivity index (χ0n) is 26.3. The van der Waals surface area contributed by atoms with E-state index in [0.29, 0.717) is 0 Å². The van der Waals surface area contributed by atoms with E-state index in [1.807, 2.05) is 0 Å². The molecule has 0 saturated heterocycles. The van der Waals surface area contributed by atoms with Crippen molar-refractivity contribution in [3.05, 3.63) is 168 Å². The average molecular weight is 629 g/mol. The van der Waals surface area contributed by atoms with Crippen molar-refractivity contribution in [2.24, 2.45) is 0 Å². The highest BCUT2D eigenvalue weighted by atomic mass is 32.2. The molecule has 48 heavy (non-hydrogen) atoms. The van der Waals surface area contributed by atoms with E-state index < -0.39 is 0 Å². The zero-order chi connectivity index (χ0) is 31.6. The van der Waals surface area contributed by atoms with E-state index in [9.17, 15) is 0 Å². The van der Waals surface area contributed by atoms with Gasteiger partial charge < -0.3 is 4.74 Å². The molecule has 1 unspecified atom stereocenters. The minimum Gasteiger partial charge on any atom is -0.454 e. The Bertz CT molecular complexity index is 2750. The first-order chi connectivity index (χ1) is 23.7. The minimum absolute atomic E-state index is 0.344. The predicted octanol–water partition coefficient (Wildman–Crippen LogP) is 13.0. The molecule has 0 fully saturated rings. The molecule has 224 valence electrons. The fraction of sp³-hybridized carbons (Fsp3) is 0.0435. The largest absolute Gasteiger partial charge is 0.454 e. The van der Waals surface area contributed by atoms with E-state index in [0.717, 1.165) is 16.4 Å². The molecular formula is C46H28OS. The number of ether oxygens (including phenoxy) is 1. The topological polar surface area (TPSA) is 9.23 Å². The number of fused-ring (bicyclic) bond motifs is 8. The summed E-state index contributed by atoms with van der Waals surface area (Å²) in [5.74, 6) is 1.90. The molecule has 1 aliphatic heterocycles. The van der Waals surface area contributed by atoms with Gasteiger partial charge in [0.15, 0.2) is 0 Å². The molecule has 11 rings (SSSR count). The van der Waals surface area contributed by atoms with Gasteiger partial charge in [0.1, 0.15) is 11.5 Å². The van der Waals surface area contributed by atoms with Gasteiger partial charge in [-0.3, -0.25) is 0 Å². The number of benzene rings is 9. The maximum absolute atomic E-state index is 6.76. The van der Waals surface area contributed by atoms with Gasteiger partial charge in [0, 0.05) is 11.0 Å². The molecule has 2 aliphatic rings. The van der Waals surface area contributed by atoms with Crippen molar-refractivity contribution in [3.8, 4) is 33.8 Å². The lowest BCUT2D eigenvalue weighted by molar-refractivity contribution is 0.455. The quantitative estimate of drug-likeness (QED) is 0.139. The number of para-hydroxylation sites is 1. The van der Waals surface area contributed by atoms with Crippen LogP contribution >= 0.6 is 11.8 Å². The van der Waals surface area contributed by atoms with E-state index in [1.165, 1.54) is 86.9 Å². The third-order valence-electron chi connectivity index (χ3n) is 11.0. The van der Waals surface area contributed by atoms with E-state index in [1.54, 1.807) is 11.8 Å². The van der Waals surface area contributed by atoms with Crippen molar-refractivity contribution < 1.29 is 4.74 Å². The first-order valence-corrected chi connectivity index (χ1v) is 17.4. The van der Waals surface area contributed by atoms with E-state index in [4.69, 9.17) is 4.74 Å². The molecule has 0 saturated carbocycles. The lowest BCUT2D eigenvalue weighted by Crippen LogP contribution is -2.22. The van der Waals surface area contributed by atoms with Gasteiger partial charge in [-0.1, -0.05) is 139 Å². The first kappa shape index (κ1) is 26.5. The van der Waals surface area contributed by atoms with Crippen LogP contribution in [-0.2, 0) is 5.41 Å². The van der Waals surface area contributed by atoms with Crippen LogP contribution < -0.4 is 4.74 Å². The van der Waals surface area contributed by atoms with Crippen molar-refractivity contribution >= 4 is 54.9 Å². The Morgan fingerprint density at radius 1 is 0.500 bits per heavy atom. The maximum atomic E-state index is 6.76. The van der Waals surface area contributed by atoms with Crippen molar-refractivity contribution in [2.75, 3.05) is 0 Å². The summed E-state index contributed by atoms with van der Waals surface area (Å²) < 4.78 is 6.76. The zero-order valence-corrected chi connectivity index (χ0v) is 27.1. The number of rotatable bonds is 2. The van der Waals surface area contributed by atoms with E-state index in [2.05, 4.69) is 159 Å². The minimum atomic E-state index is -0.344. The van der Waals surface area contributed by atoms with Crippen LogP contribution in [0, 0.1) is 0 Å². The molecule has 0 amide bonds. The monoisotopic (exact) mass is 628 g/mol. The van der Waals surface area contributed by atoms with E-state index in [-0.39, 0.29) is 5.41 Å². The summed E-state index contributed by atoms with van der Waals surface area (Å²) in [4.78, 5) is 2.32.